The highest BCUT2D eigenvalue weighted by Crippen LogP contribution is 2.37. The predicted molar refractivity (Wildman–Crippen MR) is 100 cm³/mol. The number of hydrogen-bond acceptors (Lipinski definition) is 4. The molecule has 1 aromatic carbocycles. The fourth-order valence-corrected chi connectivity index (χ4v) is 4.89. The average molecular weight is 391 g/mol. The summed E-state index contributed by atoms with van der Waals surface area (Å²) in [7, 11) is 0. The minimum Gasteiger partial charge on any atom is -0.459 e. The van der Waals surface area contributed by atoms with Crippen LogP contribution in [0.2, 0.25) is 5.02 Å². The van der Waals surface area contributed by atoms with Crippen LogP contribution in [0, 0.1) is 0 Å². The zero-order valence-electron chi connectivity index (χ0n) is 14.1. The average Bonchev–Trinajstić information content (AvgIpc) is 3.33. The van der Waals surface area contributed by atoms with Gasteiger partial charge in [-0.15, -0.1) is 11.8 Å². The molecule has 0 radical (unpaired) electrons. The second kappa shape index (κ2) is 7.37. The van der Waals surface area contributed by atoms with Crippen molar-refractivity contribution in [3.8, 4) is 0 Å². The molecule has 1 fully saturated rings. The summed E-state index contributed by atoms with van der Waals surface area (Å²) in [6, 6.07) is 8.59. The molecule has 0 bridgehead atoms. The molecule has 1 saturated heterocycles. The molecule has 4 rings (SSSR count). The van der Waals surface area contributed by atoms with Crippen LogP contribution in [0.25, 0.3) is 0 Å². The van der Waals surface area contributed by atoms with Gasteiger partial charge in [-0.1, -0.05) is 11.6 Å². The van der Waals surface area contributed by atoms with E-state index in [1.807, 2.05) is 18.2 Å². The third-order valence-corrected chi connectivity index (χ3v) is 6.23. The number of carbonyl (C=O) groups excluding carboxylic acids is 2. The first kappa shape index (κ1) is 17.5. The predicted octanol–water partition coefficient (Wildman–Crippen LogP) is 3.89. The summed E-state index contributed by atoms with van der Waals surface area (Å²) < 4.78 is 5.21. The molecule has 5 nitrogen and oxygen atoms in total. The number of benzene rings is 1. The second-order valence-electron chi connectivity index (χ2n) is 6.51. The van der Waals surface area contributed by atoms with E-state index in [2.05, 4.69) is 5.32 Å². The number of nitrogens with one attached hydrogen (secondary N) is 1. The fraction of sp³-hybridized carbons (Fsp3) is 0.368. The molecule has 2 amide bonds. The molecule has 2 aliphatic rings. The van der Waals surface area contributed by atoms with E-state index in [0.29, 0.717) is 18.0 Å². The number of furan rings is 1. The Morgan fingerprint density at radius 3 is 2.96 bits per heavy atom. The lowest BCUT2D eigenvalue weighted by atomic mass is 10.0. The maximum absolute atomic E-state index is 12.9. The molecule has 0 saturated carbocycles. The fourth-order valence-electron chi connectivity index (χ4n) is 3.61. The number of likely N-dealkylation sites (tertiary alicyclic amines) is 1. The van der Waals surface area contributed by atoms with E-state index in [1.165, 1.54) is 6.26 Å². The Kier molecular flexibility index (Phi) is 4.96. The van der Waals surface area contributed by atoms with Gasteiger partial charge in [0.25, 0.3) is 5.91 Å². The monoisotopic (exact) mass is 390 g/mol. The molecular formula is C19H19ClN2O3S. The highest BCUT2D eigenvalue weighted by molar-refractivity contribution is 7.99. The Morgan fingerprint density at radius 1 is 1.27 bits per heavy atom. The second-order valence-corrected chi connectivity index (χ2v) is 8.09. The Hall–Kier alpha value is -1.92. The van der Waals surface area contributed by atoms with Crippen LogP contribution in [0.1, 0.15) is 41.4 Å². The summed E-state index contributed by atoms with van der Waals surface area (Å²) in [5, 5.41) is 3.81. The zero-order valence-corrected chi connectivity index (χ0v) is 15.7. The number of amides is 2. The first-order valence-corrected chi connectivity index (χ1v) is 10.1. The van der Waals surface area contributed by atoms with Crippen LogP contribution in [0.3, 0.4) is 0 Å². The van der Waals surface area contributed by atoms with Gasteiger partial charge in [0, 0.05) is 22.2 Å². The van der Waals surface area contributed by atoms with Crippen molar-refractivity contribution < 1.29 is 14.0 Å². The number of fused-ring (bicyclic) bond motifs is 1. The van der Waals surface area contributed by atoms with E-state index in [4.69, 9.17) is 16.0 Å². The van der Waals surface area contributed by atoms with Gasteiger partial charge in [-0.3, -0.25) is 9.59 Å². The number of rotatable bonds is 3. The van der Waals surface area contributed by atoms with Gasteiger partial charge in [0.05, 0.1) is 12.3 Å². The molecule has 0 spiro atoms. The maximum Gasteiger partial charge on any atom is 0.290 e. The standard InChI is InChI=1S/C19H19ClN2O3S/c20-12-5-6-17-13(11-12)14(7-10-26-17)21-18(23)15-3-1-8-22(15)19(24)16-4-2-9-25-16/h2,4-6,9,11,14-15H,1,3,7-8,10H2,(H,21,23). The lowest BCUT2D eigenvalue weighted by Gasteiger charge is -2.29. The third kappa shape index (κ3) is 3.35. The van der Waals surface area contributed by atoms with Crippen molar-refractivity contribution in [1.29, 1.82) is 0 Å². The molecule has 2 unspecified atom stereocenters. The van der Waals surface area contributed by atoms with Crippen molar-refractivity contribution >= 4 is 35.2 Å². The van der Waals surface area contributed by atoms with Crippen LogP contribution in [-0.4, -0.2) is 35.1 Å². The minimum absolute atomic E-state index is 0.0707. The Labute approximate surface area is 161 Å². The Bertz CT molecular complexity index is 824. The number of halogens is 1. The van der Waals surface area contributed by atoms with E-state index in [-0.39, 0.29) is 23.6 Å². The van der Waals surface area contributed by atoms with Gasteiger partial charge in [-0.05, 0) is 55.2 Å². The number of hydrogen-bond donors (Lipinski definition) is 1. The molecule has 2 aromatic rings. The van der Waals surface area contributed by atoms with Gasteiger partial charge in [0.1, 0.15) is 6.04 Å². The van der Waals surface area contributed by atoms with Crippen molar-refractivity contribution in [2.45, 2.75) is 36.2 Å². The van der Waals surface area contributed by atoms with Crippen molar-refractivity contribution in [1.82, 2.24) is 10.2 Å². The summed E-state index contributed by atoms with van der Waals surface area (Å²) in [6.07, 6.45) is 3.80. The van der Waals surface area contributed by atoms with Crippen LogP contribution in [0.4, 0.5) is 0 Å². The van der Waals surface area contributed by atoms with Gasteiger partial charge < -0.3 is 14.6 Å². The van der Waals surface area contributed by atoms with Gasteiger partial charge in [-0.2, -0.15) is 0 Å². The molecular weight excluding hydrogens is 372 g/mol. The summed E-state index contributed by atoms with van der Waals surface area (Å²) in [6.45, 7) is 0.570. The van der Waals surface area contributed by atoms with Crippen LogP contribution in [0.5, 0.6) is 0 Å². The van der Waals surface area contributed by atoms with Crippen molar-refractivity contribution in [3.05, 3.63) is 52.9 Å². The van der Waals surface area contributed by atoms with E-state index in [1.54, 1.807) is 28.8 Å². The first-order chi connectivity index (χ1) is 12.6. The smallest absolute Gasteiger partial charge is 0.290 e. The summed E-state index contributed by atoms with van der Waals surface area (Å²) in [4.78, 5) is 28.3. The van der Waals surface area contributed by atoms with E-state index >= 15 is 0 Å². The summed E-state index contributed by atoms with van der Waals surface area (Å²) in [5.74, 6) is 0.885. The van der Waals surface area contributed by atoms with Crippen molar-refractivity contribution in [2.75, 3.05) is 12.3 Å². The third-order valence-electron chi connectivity index (χ3n) is 4.88. The van der Waals surface area contributed by atoms with E-state index in [9.17, 15) is 9.59 Å². The topological polar surface area (TPSA) is 62.6 Å². The molecule has 26 heavy (non-hydrogen) atoms. The van der Waals surface area contributed by atoms with Crippen molar-refractivity contribution in [3.63, 3.8) is 0 Å². The van der Waals surface area contributed by atoms with Gasteiger partial charge in [0.15, 0.2) is 5.76 Å². The zero-order chi connectivity index (χ0) is 18.1. The van der Waals surface area contributed by atoms with Crippen LogP contribution in [0.15, 0.2) is 45.9 Å². The summed E-state index contributed by atoms with van der Waals surface area (Å²) in [5.41, 5.74) is 1.06. The molecule has 2 aliphatic heterocycles. The molecule has 1 N–H and O–H groups in total. The first-order valence-electron chi connectivity index (χ1n) is 8.70. The lowest BCUT2D eigenvalue weighted by molar-refractivity contribution is -0.125. The minimum atomic E-state index is -0.454. The molecule has 7 heteroatoms. The van der Waals surface area contributed by atoms with Gasteiger partial charge in [0.2, 0.25) is 5.91 Å². The maximum atomic E-state index is 12.9. The number of nitrogens with zero attached hydrogens (tertiary/aromatic N) is 1. The SMILES string of the molecule is O=C(NC1CCSc2ccc(Cl)cc21)C1CCCN1C(=O)c1ccco1. The quantitative estimate of drug-likeness (QED) is 0.863. The van der Waals surface area contributed by atoms with Crippen molar-refractivity contribution in [2.24, 2.45) is 0 Å². The highest BCUT2D eigenvalue weighted by atomic mass is 35.5. The number of carbonyl (C=O) groups is 2. The molecule has 3 heterocycles. The van der Waals surface area contributed by atoms with Crippen LogP contribution in [-0.2, 0) is 4.79 Å². The largest absolute Gasteiger partial charge is 0.459 e. The van der Waals surface area contributed by atoms with E-state index in [0.717, 1.165) is 29.1 Å². The van der Waals surface area contributed by atoms with Crippen LogP contribution >= 0.6 is 23.4 Å². The molecule has 1 aromatic heterocycles. The Morgan fingerprint density at radius 2 is 2.15 bits per heavy atom. The van der Waals surface area contributed by atoms with Gasteiger partial charge >= 0.3 is 0 Å². The number of thioether (sulfide) groups is 1. The molecule has 136 valence electrons. The van der Waals surface area contributed by atoms with E-state index < -0.39 is 6.04 Å². The summed E-state index contributed by atoms with van der Waals surface area (Å²) >= 11 is 7.92. The normalized spacial score (nSPS) is 22.1. The molecule has 0 aliphatic carbocycles. The lowest BCUT2D eigenvalue weighted by Crippen LogP contribution is -2.47. The Balaban J connectivity index is 1.50. The molecule has 2 atom stereocenters. The highest BCUT2D eigenvalue weighted by Gasteiger charge is 2.36. The van der Waals surface area contributed by atoms with Crippen LogP contribution < -0.4 is 5.32 Å². The van der Waals surface area contributed by atoms with Gasteiger partial charge in [-0.25, -0.2) is 0 Å².